The maximum atomic E-state index is 11.6. The van der Waals surface area contributed by atoms with E-state index in [4.69, 9.17) is 0 Å². The van der Waals surface area contributed by atoms with Gasteiger partial charge in [-0.1, -0.05) is 25.2 Å². The van der Waals surface area contributed by atoms with Gasteiger partial charge in [-0.15, -0.1) is 6.58 Å². The Hall–Kier alpha value is -0.850. The third-order valence-corrected chi connectivity index (χ3v) is 3.54. The lowest BCUT2D eigenvalue weighted by Gasteiger charge is -2.16. The Balaban J connectivity index is 2.17. The van der Waals surface area contributed by atoms with Gasteiger partial charge in [-0.3, -0.25) is 4.79 Å². The zero-order valence-electron chi connectivity index (χ0n) is 8.07. The standard InChI is InChI=1S/C12H16O/c1-3-4-10-9-6-5-8(2)11(9)7-12(10)13/h3,5-6,8-11H,1,4,7H2,2H3/t8-,9+,10+,11+/m0/s1. The minimum absolute atomic E-state index is 0.240. The van der Waals surface area contributed by atoms with E-state index < -0.39 is 0 Å². The van der Waals surface area contributed by atoms with E-state index >= 15 is 0 Å². The molecule has 2 aliphatic rings. The maximum absolute atomic E-state index is 11.6. The molecule has 0 bridgehead atoms. The molecule has 2 aliphatic carbocycles. The van der Waals surface area contributed by atoms with E-state index in [2.05, 4.69) is 25.7 Å². The molecule has 0 aromatic carbocycles. The molecule has 0 N–H and O–H groups in total. The van der Waals surface area contributed by atoms with Crippen molar-refractivity contribution < 1.29 is 4.79 Å². The molecule has 70 valence electrons. The molecule has 1 heteroatoms. The minimum atomic E-state index is 0.240. The fourth-order valence-electron chi connectivity index (χ4n) is 2.76. The van der Waals surface area contributed by atoms with Crippen LogP contribution in [0.25, 0.3) is 0 Å². The van der Waals surface area contributed by atoms with E-state index in [0.717, 1.165) is 12.8 Å². The Morgan fingerprint density at radius 3 is 3.08 bits per heavy atom. The number of carbonyl (C=O) groups excluding carboxylic acids is 1. The van der Waals surface area contributed by atoms with Crippen LogP contribution in [-0.2, 0) is 4.79 Å². The van der Waals surface area contributed by atoms with Gasteiger partial charge in [-0.05, 0) is 24.2 Å². The van der Waals surface area contributed by atoms with Gasteiger partial charge in [0, 0.05) is 12.3 Å². The third kappa shape index (κ3) is 1.27. The molecule has 0 spiro atoms. The number of hydrogen-bond donors (Lipinski definition) is 0. The fraction of sp³-hybridized carbons (Fsp3) is 0.583. The summed E-state index contributed by atoms with van der Waals surface area (Å²) in [7, 11) is 0. The predicted molar refractivity (Wildman–Crippen MR) is 53.2 cm³/mol. The molecule has 13 heavy (non-hydrogen) atoms. The Morgan fingerprint density at radius 1 is 1.62 bits per heavy atom. The Morgan fingerprint density at radius 2 is 2.38 bits per heavy atom. The number of carbonyl (C=O) groups is 1. The highest BCUT2D eigenvalue weighted by atomic mass is 16.1. The summed E-state index contributed by atoms with van der Waals surface area (Å²) in [5.41, 5.74) is 0. The summed E-state index contributed by atoms with van der Waals surface area (Å²) in [4.78, 5) is 11.6. The average Bonchev–Trinajstić information content (AvgIpc) is 2.58. The molecule has 1 fully saturated rings. The summed E-state index contributed by atoms with van der Waals surface area (Å²) in [6.45, 7) is 5.93. The zero-order chi connectivity index (χ0) is 9.42. The van der Waals surface area contributed by atoms with Gasteiger partial charge in [-0.25, -0.2) is 0 Å². The quantitative estimate of drug-likeness (QED) is 0.591. The van der Waals surface area contributed by atoms with Gasteiger partial charge in [-0.2, -0.15) is 0 Å². The van der Waals surface area contributed by atoms with Crippen molar-refractivity contribution in [3.05, 3.63) is 24.8 Å². The smallest absolute Gasteiger partial charge is 0.137 e. The second-order valence-corrected chi connectivity index (χ2v) is 4.29. The number of fused-ring (bicyclic) bond motifs is 1. The van der Waals surface area contributed by atoms with Crippen LogP contribution in [0.4, 0.5) is 0 Å². The highest BCUT2D eigenvalue weighted by Gasteiger charge is 2.44. The minimum Gasteiger partial charge on any atom is -0.299 e. The van der Waals surface area contributed by atoms with Gasteiger partial charge < -0.3 is 0 Å². The predicted octanol–water partition coefficient (Wildman–Crippen LogP) is 2.59. The van der Waals surface area contributed by atoms with Crippen LogP contribution in [0.1, 0.15) is 19.8 Å². The molecule has 0 saturated heterocycles. The normalized spacial score (nSPS) is 42.4. The highest BCUT2D eigenvalue weighted by molar-refractivity contribution is 5.84. The summed E-state index contributed by atoms with van der Waals surface area (Å²) < 4.78 is 0. The Bertz CT molecular complexity index is 264. The molecule has 0 aromatic heterocycles. The van der Waals surface area contributed by atoms with Crippen LogP contribution >= 0.6 is 0 Å². The van der Waals surface area contributed by atoms with Crippen LogP contribution in [0.5, 0.6) is 0 Å². The topological polar surface area (TPSA) is 17.1 Å². The van der Waals surface area contributed by atoms with Gasteiger partial charge in [0.2, 0.25) is 0 Å². The van der Waals surface area contributed by atoms with Crippen LogP contribution in [0.2, 0.25) is 0 Å². The van der Waals surface area contributed by atoms with Crippen molar-refractivity contribution in [1.29, 1.82) is 0 Å². The van der Waals surface area contributed by atoms with Crippen molar-refractivity contribution in [2.45, 2.75) is 19.8 Å². The van der Waals surface area contributed by atoms with E-state index in [0.29, 0.717) is 23.5 Å². The van der Waals surface area contributed by atoms with Gasteiger partial charge in [0.05, 0.1) is 0 Å². The first-order valence-corrected chi connectivity index (χ1v) is 5.06. The third-order valence-electron chi connectivity index (χ3n) is 3.54. The van der Waals surface area contributed by atoms with Gasteiger partial charge in [0.1, 0.15) is 5.78 Å². The van der Waals surface area contributed by atoms with Crippen LogP contribution in [0.3, 0.4) is 0 Å². The van der Waals surface area contributed by atoms with Gasteiger partial charge >= 0.3 is 0 Å². The van der Waals surface area contributed by atoms with E-state index in [1.807, 2.05) is 6.08 Å². The number of allylic oxidation sites excluding steroid dienone is 3. The second kappa shape index (κ2) is 3.13. The summed E-state index contributed by atoms with van der Waals surface area (Å²) >= 11 is 0. The number of ketones is 1. The van der Waals surface area contributed by atoms with E-state index in [1.165, 1.54) is 0 Å². The van der Waals surface area contributed by atoms with Gasteiger partial charge in [0.15, 0.2) is 0 Å². The van der Waals surface area contributed by atoms with Crippen molar-refractivity contribution in [1.82, 2.24) is 0 Å². The molecule has 4 atom stereocenters. The van der Waals surface area contributed by atoms with Crippen molar-refractivity contribution in [3.8, 4) is 0 Å². The Labute approximate surface area is 79.5 Å². The van der Waals surface area contributed by atoms with E-state index in [9.17, 15) is 4.79 Å². The Kier molecular flexibility index (Phi) is 2.10. The maximum Gasteiger partial charge on any atom is 0.137 e. The fourth-order valence-corrected chi connectivity index (χ4v) is 2.76. The highest BCUT2D eigenvalue weighted by Crippen LogP contribution is 2.45. The van der Waals surface area contributed by atoms with Crippen molar-refractivity contribution in [2.75, 3.05) is 0 Å². The van der Waals surface area contributed by atoms with Gasteiger partial charge in [0.25, 0.3) is 0 Å². The second-order valence-electron chi connectivity index (χ2n) is 4.29. The summed E-state index contributed by atoms with van der Waals surface area (Å²) in [5.74, 6) is 2.40. The SMILES string of the molecule is C=CC[C@H]1C(=O)C[C@H]2[C@@H]1C=C[C@@H]2C. The van der Waals surface area contributed by atoms with Crippen molar-refractivity contribution in [3.63, 3.8) is 0 Å². The monoisotopic (exact) mass is 176 g/mol. The molecular weight excluding hydrogens is 160 g/mol. The van der Waals surface area contributed by atoms with Crippen molar-refractivity contribution >= 4 is 5.78 Å². The largest absolute Gasteiger partial charge is 0.299 e. The van der Waals surface area contributed by atoms with Crippen LogP contribution in [0, 0.1) is 23.7 Å². The average molecular weight is 176 g/mol. The molecule has 0 radical (unpaired) electrons. The first kappa shape index (κ1) is 8.74. The van der Waals surface area contributed by atoms with Crippen LogP contribution in [-0.4, -0.2) is 5.78 Å². The first-order chi connectivity index (χ1) is 6.24. The lowest BCUT2D eigenvalue weighted by atomic mass is 9.87. The molecule has 0 heterocycles. The molecule has 0 amide bonds. The lowest BCUT2D eigenvalue weighted by Crippen LogP contribution is -2.13. The molecule has 0 aliphatic heterocycles. The summed E-state index contributed by atoms with van der Waals surface area (Å²) in [5, 5.41) is 0. The van der Waals surface area contributed by atoms with Crippen LogP contribution < -0.4 is 0 Å². The number of Topliss-reactive ketones (excluding diaryl/α,β-unsaturated/α-hetero) is 1. The lowest BCUT2D eigenvalue weighted by molar-refractivity contribution is -0.121. The number of hydrogen-bond acceptors (Lipinski definition) is 1. The van der Waals surface area contributed by atoms with E-state index in [1.54, 1.807) is 0 Å². The molecule has 2 rings (SSSR count). The molecule has 1 saturated carbocycles. The first-order valence-electron chi connectivity index (χ1n) is 5.06. The van der Waals surface area contributed by atoms with Crippen LogP contribution in [0.15, 0.2) is 24.8 Å². The summed E-state index contributed by atoms with van der Waals surface area (Å²) in [6.07, 6.45) is 8.03. The molecule has 0 aromatic rings. The molecule has 0 unspecified atom stereocenters. The molecular formula is C12H16O. The summed E-state index contributed by atoms with van der Waals surface area (Å²) in [6, 6.07) is 0. The van der Waals surface area contributed by atoms with E-state index in [-0.39, 0.29) is 5.92 Å². The van der Waals surface area contributed by atoms with Crippen molar-refractivity contribution in [2.24, 2.45) is 23.7 Å². The zero-order valence-corrected chi connectivity index (χ0v) is 8.07. The number of rotatable bonds is 2. The molecule has 1 nitrogen and oxygen atoms in total.